The molecule has 0 N–H and O–H groups in total. The van der Waals surface area contributed by atoms with Crippen molar-refractivity contribution < 1.29 is 14.4 Å². The van der Waals surface area contributed by atoms with E-state index in [0.29, 0.717) is 53.9 Å². The summed E-state index contributed by atoms with van der Waals surface area (Å²) < 4.78 is 0. The van der Waals surface area contributed by atoms with E-state index >= 15 is 4.79 Å². The van der Waals surface area contributed by atoms with Crippen LogP contribution in [0.5, 0.6) is 0 Å². The maximum absolute atomic E-state index is 16.0. The Balaban J connectivity index is 1.73. The molecule has 0 spiro atoms. The van der Waals surface area contributed by atoms with Crippen molar-refractivity contribution in [2.75, 3.05) is 0 Å². The van der Waals surface area contributed by atoms with E-state index < -0.39 is 0 Å². The molecule has 4 saturated carbocycles. The zero-order valence-electron chi connectivity index (χ0n) is 26.7. The summed E-state index contributed by atoms with van der Waals surface area (Å²) in [7, 11) is 0. The normalized spacial score (nSPS) is 32.1. The third-order valence-corrected chi connectivity index (χ3v) is 13.2. The van der Waals surface area contributed by atoms with E-state index in [2.05, 4.69) is 13.8 Å². The minimum atomic E-state index is -0.232. The molecule has 0 saturated heterocycles. The van der Waals surface area contributed by atoms with Crippen LogP contribution in [0.3, 0.4) is 0 Å². The van der Waals surface area contributed by atoms with Crippen LogP contribution in [0, 0.1) is 46.3 Å². The summed E-state index contributed by atoms with van der Waals surface area (Å²) in [5, 5.41) is 0. The topological polar surface area (TPSA) is 51.2 Å². The van der Waals surface area contributed by atoms with Gasteiger partial charge in [-0.3, -0.25) is 14.4 Å². The molecule has 0 heterocycles. The van der Waals surface area contributed by atoms with Crippen LogP contribution in [0.1, 0.15) is 169 Å². The number of carbonyl (C=O) groups excluding carboxylic acids is 3. The molecule has 4 aliphatic carbocycles. The molecule has 0 aliphatic heterocycles. The van der Waals surface area contributed by atoms with Gasteiger partial charge in [-0.1, -0.05) is 66.2 Å². The zero-order valence-corrected chi connectivity index (χ0v) is 26.7. The second-order valence-electron chi connectivity index (χ2n) is 14.5. The molecule has 0 radical (unpaired) electrons. The Morgan fingerprint density at radius 3 is 1.02 bits per heavy atom. The molecule has 0 aromatic heterocycles. The fourth-order valence-corrected chi connectivity index (χ4v) is 11.0. The van der Waals surface area contributed by atoms with E-state index in [4.69, 9.17) is 0 Å². The quantitative estimate of drug-likeness (QED) is 0.241. The molecule has 4 aliphatic rings. The van der Waals surface area contributed by atoms with Crippen molar-refractivity contribution in [3.63, 3.8) is 0 Å². The van der Waals surface area contributed by atoms with E-state index in [0.717, 1.165) is 64.2 Å². The van der Waals surface area contributed by atoms with Crippen LogP contribution in [0.15, 0.2) is 0 Å². The Bertz CT molecular complexity index is 765. The molecule has 3 nitrogen and oxygen atoms in total. The summed E-state index contributed by atoms with van der Waals surface area (Å²) in [6.07, 6.45) is 24.1. The van der Waals surface area contributed by atoms with Gasteiger partial charge >= 0.3 is 0 Å². The van der Waals surface area contributed by atoms with E-state index in [9.17, 15) is 9.59 Å². The van der Waals surface area contributed by atoms with Gasteiger partial charge in [-0.2, -0.15) is 0 Å². The van der Waals surface area contributed by atoms with Gasteiger partial charge in [0, 0.05) is 35.5 Å². The van der Waals surface area contributed by atoms with Crippen molar-refractivity contribution in [3.05, 3.63) is 0 Å². The SMILES string of the molecule is CCC(=O)[C@H]1CC[C@H](C(CC)(C(=O)C(CC)(C2CCCCC2)[C@H]2CC[C@H](C(=O)CC)CC2)C2CCCCC2)CC1. The fourth-order valence-electron chi connectivity index (χ4n) is 11.0. The first-order chi connectivity index (χ1) is 19.4. The number of ketones is 3. The number of hydrogen-bond donors (Lipinski definition) is 0. The summed E-state index contributed by atoms with van der Waals surface area (Å²) in [5.41, 5.74) is -0.464. The lowest BCUT2D eigenvalue weighted by atomic mass is 9.45. The summed E-state index contributed by atoms with van der Waals surface area (Å²) in [5.74, 6) is 3.88. The van der Waals surface area contributed by atoms with Crippen molar-refractivity contribution in [3.8, 4) is 0 Å². The minimum absolute atomic E-state index is 0.220. The smallest absolute Gasteiger partial charge is 0.146 e. The highest BCUT2D eigenvalue weighted by atomic mass is 16.1. The number of Topliss-reactive ketones (excluding diaryl/α,β-unsaturated/α-hetero) is 3. The Labute approximate surface area is 246 Å². The first-order valence-corrected chi connectivity index (χ1v) is 18.0. The molecule has 0 amide bonds. The largest absolute Gasteiger partial charge is 0.299 e. The number of rotatable bonds is 12. The van der Waals surface area contributed by atoms with Crippen LogP contribution in [0.2, 0.25) is 0 Å². The van der Waals surface area contributed by atoms with Gasteiger partial charge in [-0.25, -0.2) is 0 Å². The number of carbonyl (C=O) groups is 3. The Morgan fingerprint density at radius 2 is 0.750 bits per heavy atom. The molecule has 40 heavy (non-hydrogen) atoms. The maximum Gasteiger partial charge on any atom is 0.146 e. The van der Waals surface area contributed by atoms with Gasteiger partial charge in [0.2, 0.25) is 0 Å². The third kappa shape index (κ3) is 6.06. The van der Waals surface area contributed by atoms with E-state index in [1.54, 1.807) is 0 Å². The standard InChI is InChI=1S/C37H62O3/c1-5-33(38)27-19-23-31(24-20-27)36(7-3,29-15-11-9-12-16-29)35(40)37(8-4,30-17-13-10-14-18-30)32-25-21-28(22-26-32)34(39)6-2/h27-32H,5-26H2,1-4H3/t27-,28-,31-,32-,36?,37?. The van der Waals surface area contributed by atoms with Gasteiger partial charge < -0.3 is 0 Å². The summed E-state index contributed by atoms with van der Waals surface area (Å²) in [6.45, 7) is 8.74. The zero-order chi connectivity index (χ0) is 28.8. The lowest BCUT2D eigenvalue weighted by Crippen LogP contribution is -2.58. The van der Waals surface area contributed by atoms with Crippen molar-refractivity contribution in [2.45, 2.75) is 169 Å². The van der Waals surface area contributed by atoms with Crippen LogP contribution in [0.4, 0.5) is 0 Å². The van der Waals surface area contributed by atoms with Gasteiger partial charge in [0.1, 0.15) is 17.3 Å². The average Bonchev–Trinajstić information content (AvgIpc) is 3.03. The van der Waals surface area contributed by atoms with Crippen LogP contribution < -0.4 is 0 Å². The first-order valence-electron chi connectivity index (χ1n) is 18.0. The number of hydrogen-bond acceptors (Lipinski definition) is 3. The van der Waals surface area contributed by atoms with Gasteiger partial charge in [0.05, 0.1) is 0 Å². The molecule has 3 heteroatoms. The van der Waals surface area contributed by atoms with Crippen molar-refractivity contribution in [2.24, 2.45) is 46.3 Å². The molecule has 4 rings (SSSR count). The fraction of sp³-hybridized carbons (Fsp3) is 0.919. The van der Waals surface area contributed by atoms with Gasteiger partial charge in [-0.05, 0) is 114 Å². The molecular weight excluding hydrogens is 492 g/mol. The van der Waals surface area contributed by atoms with Gasteiger partial charge in [0.15, 0.2) is 0 Å². The Hall–Kier alpha value is -0.990. The van der Waals surface area contributed by atoms with Crippen LogP contribution >= 0.6 is 0 Å². The van der Waals surface area contributed by atoms with E-state index in [1.807, 2.05) is 13.8 Å². The summed E-state index contributed by atoms with van der Waals surface area (Å²) in [4.78, 5) is 41.3. The molecule has 0 bridgehead atoms. The molecule has 0 aromatic rings. The molecule has 0 aromatic carbocycles. The molecule has 2 unspecified atom stereocenters. The summed E-state index contributed by atoms with van der Waals surface area (Å²) in [6, 6.07) is 0. The lowest BCUT2D eigenvalue weighted by Gasteiger charge is -2.57. The Morgan fingerprint density at radius 1 is 0.450 bits per heavy atom. The van der Waals surface area contributed by atoms with Crippen molar-refractivity contribution >= 4 is 17.3 Å². The molecular formula is C37H62O3. The highest BCUT2D eigenvalue weighted by molar-refractivity contribution is 5.92. The van der Waals surface area contributed by atoms with Crippen LogP contribution in [-0.4, -0.2) is 17.3 Å². The van der Waals surface area contributed by atoms with Crippen LogP contribution in [-0.2, 0) is 14.4 Å². The molecule has 228 valence electrons. The van der Waals surface area contributed by atoms with Crippen LogP contribution in [0.25, 0.3) is 0 Å². The van der Waals surface area contributed by atoms with Crippen molar-refractivity contribution in [1.29, 1.82) is 0 Å². The second kappa shape index (κ2) is 14.5. The average molecular weight is 555 g/mol. The van der Waals surface area contributed by atoms with Gasteiger partial charge in [-0.15, -0.1) is 0 Å². The van der Waals surface area contributed by atoms with E-state index in [-0.39, 0.29) is 22.7 Å². The molecule has 2 atom stereocenters. The maximum atomic E-state index is 16.0. The van der Waals surface area contributed by atoms with Crippen molar-refractivity contribution in [1.82, 2.24) is 0 Å². The van der Waals surface area contributed by atoms with Gasteiger partial charge in [0.25, 0.3) is 0 Å². The lowest BCUT2D eigenvalue weighted by molar-refractivity contribution is -0.163. The minimum Gasteiger partial charge on any atom is -0.299 e. The Kier molecular flexibility index (Phi) is 11.5. The highest BCUT2D eigenvalue weighted by Gasteiger charge is 2.60. The monoisotopic (exact) mass is 554 g/mol. The second-order valence-corrected chi connectivity index (χ2v) is 14.5. The predicted octanol–water partition coefficient (Wildman–Crippen LogP) is 10.1. The summed E-state index contributed by atoms with van der Waals surface area (Å²) >= 11 is 0. The first kappa shape index (κ1) is 31.9. The molecule has 4 fully saturated rings. The predicted molar refractivity (Wildman–Crippen MR) is 165 cm³/mol. The third-order valence-electron chi connectivity index (χ3n) is 13.2. The van der Waals surface area contributed by atoms with E-state index in [1.165, 1.54) is 64.2 Å². The highest BCUT2D eigenvalue weighted by Crippen LogP contribution is 2.61.